The molecule has 0 fully saturated rings. The summed E-state index contributed by atoms with van der Waals surface area (Å²) in [6.07, 6.45) is 1.10. The van der Waals surface area contributed by atoms with E-state index in [-0.39, 0.29) is 6.04 Å². The Hall–Kier alpha value is -1.31. The molecule has 2 rings (SSSR count). The van der Waals surface area contributed by atoms with Crippen molar-refractivity contribution in [2.75, 3.05) is 6.54 Å². The molecule has 21 heavy (non-hydrogen) atoms. The summed E-state index contributed by atoms with van der Waals surface area (Å²) in [7, 11) is 0. The number of nitrogens with one attached hydrogen (secondary N) is 1. The molecule has 0 saturated carbocycles. The summed E-state index contributed by atoms with van der Waals surface area (Å²) in [4.78, 5) is 0. The number of hydrogen-bond donors (Lipinski definition) is 1. The maximum absolute atomic E-state index is 6.56. The highest BCUT2D eigenvalue weighted by molar-refractivity contribution is 6.32. The normalized spacial score (nSPS) is 12.4. The zero-order valence-electron chi connectivity index (χ0n) is 13.3. The second kappa shape index (κ2) is 7.11. The van der Waals surface area contributed by atoms with Crippen molar-refractivity contribution in [3.63, 3.8) is 0 Å². The third-order valence-corrected chi connectivity index (χ3v) is 4.38. The van der Waals surface area contributed by atoms with Gasteiger partial charge in [-0.2, -0.15) is 0 Å². The van der Waals surface area contributed by atoms with Crippen LogP contribution in [0.1, 0.15) is 47.2 Å². The minimum Gasteiger partial charge on any atom is -0.306 e. The Bertz CT molecular complexity index is 619. The third kappa shape index (κ3) is 3.66. The molecular weight excluding hydrogens is 278 g/mol. The molecule has 0 aliphatic carbocycles. The molecule has 2 heteroatoms. The van der Waals surface area contributed by atoms with E-state index < -0.39 is 0 Å². The molecule has 2 aromatic rings. The van der Waals surface area contributed by atoms with Crippen LogP contribution in [-0.4, -0.2) is 6.54 Å². The van der Waals surface area contributed by atoms with Crippen molar-refractivity contribution < 1.29 is 0 Å². The highest BCUT2D eigenvalue weighted by atomic mass is 35.5. The standard InChI is InChI=1S/C19H24ClN/c1-5-11-21-19(16-10-9-13(2)12-15(16)4)17-8-6-7-14(3)18(17)20/h6-10,12,19,21H,5,11H2,1-4H3. The average Bonchev–Trinajstić information content (AvgIpc) is 2.45. The predicted octanol–water partition coefficient (Wildman–Crippen LogP) is 5.35. The van der Waals surface area contributed by atoms with Gasteiger partial charge >= 0.3 is 0 Å². The van der Waals surface area contributed by atoms with Gasteiger partial charge in [0.25, 0.3) is 0 Å². The van der Waals surface area contributed by atoms with E-state index in [9.17, 15) is 0 Å². The van der Waals surface area contributed by atoms with Crippen molar-refractivity contribution in [3.05, 3.63) is 69.2 Å². The van der Waals surface area contributed by atoms with Gasteiger partial charge in [-0.25, -0.2) is 0 Å². The molecule has 0 aliphatic rings. The number of halogens is 1. The first-order valence-electron chi connectivity index (χ1n) is 7.60. The molecule has 0 aromatic heterocycles. The van der Waals surface area contributed by atoms with Gasteiger partial charge in [-0.3, -0.25) is 0 Å². The average molecular weight is 302 g/mol. The summed E-state index contributed by atoms with van der Waals surface area (Å²) in [5.74, 6) is 0. The van der Waals surface area contributed by atoms with Gasteiger partial charge in [-0.1, -0.05) is 60.5 Å². The smallest absolute Gasteiger partial charge is 0.0594 e. The molecule has 0 aliphatic heterocycles. The van der Waals surface area contributed by atoms with Crippen molar-refractivity contribution in [2.24, 2.45) is 0 Å². The van der Waals surface area contributed by atoms with Crippen LogP contribution in [0, 0.1) is 20.8 Å². The highest BCUT2D eigenvalue weighted by Gasteiger charge is 2.18. The summed E-state index contributed by atoms with van der Waals surface area (Å²) in [5.41, 5.74) is 6.20. The topological polar surface area (TPSA) is 12.0 Å². The summed E-state index contributed by atoms with van der Waals surface area (Å²) in [6, 6.07) is 13.1. The lowest BCUT2D eigenvalue weighted by Crippen LogP contribution is -2.24. The molecule has 0 saturated heterocycles. The van der Waals surface area contributed by atoms with Gasteiger partial charge in [0, 0.05) is 5.02 Å². The highest BCUT2D eigenvalue weighted by Crippen LogP contribution is 2.32. The van der Waals surface area contributed by atoms with Crippen LogP contribution in [-0.2, 0) is 0 Å². The Morgan fingerprint density at radius 1 is 1.00 bits per heavy atom. The van der Waals surface area contributed by atoms with Gasteiger partial charge in [0.05, 0.1) is 6.04 Å². The fraction of sp³-hybridized carbons (Fsp3) is 0.368. The summed E-state index contributed by atoms with van der Waals surface area (Å²) < 4.78 is 0. The maximum atomic E-state index is 6.56. The maximum Gasteiger partial charge on any atom is 0.0594 e. The molecule has 0 bridgehead atoms. The van der Waals surface area contributed by atoms with Crippen LogP contribution in [0.5, 0.6) is 0 Å². The molecule has 1 N–H and O–H groups in total. The van der Waals surface area contributed by atoms with Crippen LogP contribution in [0.2, 0.25) is 5.02 Å². The lowest BCUT2D eigenvalue weighted by molar-refractivity contribution is 0.596. The molecule has 0 amide bonds. The van der Waals surface area contributed by atoms with Crippen LogP contribution in [0.3, 0.4) is 0 Å². The predicted molar refractivity (Wildman–Crippen MR) is 92.2 cm³/mol. The quantitative estimate of drug-likeness (QED) is 0.784. The molecule has 1 unspecified atom stereocenters. The van der Waals surface area contributed by atoms with Crippen molar-refractivity contribution in [2.45, 2.75) is 40.2 Å². The molecule has 0 spiro atoms. The second-order valence-electron chi connectivity index (χ2n) is 5.73. The van der Waals surface area contributed by atoms with Crippen LogP contribution in [0.4, 0.5) is 0 Å². The van der Waals surface area contributed by atoms with Crippen LogP contribution < -0.4 is 5.32 Å². The number of benzene rings is 2. The van der Waals surface area contributed by atoms with Crippen LogP contribution in [0.15, 0.2) is 36.4 Å². The first-order chi connectivity index (χ1) is 10.0. The minimum atomic E-state index is 0.151. The Labute approximate surface area is 133 Å². The summed E-state index contributed by atoms with van der Waals surface area (Å²) >= 11 is 6.56. The zero-order chi connectivity index (χ0) is 15.4. The van der Waals surface area contributed by atoms with Crippen molar-refractivity contribution in [3.8, 4) is 0 Å². The number of hydrogen-bond acceptors (Lipinski definition) is 1. The van der Waals surface area contributed by atoms with Crippen molar-refractivity contribution in [1.82, 2.24) is 5.32 Å². The summed E-state index contributed by atoms with van der Waals surface area (Å²) in [5, 5.41) is 4.51. The van der Waals surface area contributed by atoms with E-state index in [1.807, 2.05) is 0 Å². The monoisotopic (exact) mass is 301 g/mol. The van der Waals surface area contributed by atoms with E-state index in [2.05, 4.69) is 69.4 Å². The van der Waals surface area contributed by atoms with E-state index in [1.54, 1.807) is 0 Å². The van der Waals surface area contributed by atoms with Gasteiger partial charge in [0.2, 0.25) is 0 Å². The fourth-order valence-corrected chi connectivity index (χ4v) is 2.95. The molecular formula is C19H24ClN. The largest absolute Gasteiger partial charge is 0.306 e. The lowest BCUT2D eigenvalue weighted by Gasteiger charge is -2.23. The Balaban J connectivity index is 2.49. The Morgan fingerprint density at radius 2 is 1.76 bits per heavy atom. The van der Waals surface area contributed by atoms with E-state index in [1.165, 1.54) is 16.7 Å². The first kappa shape index (κ1) is 16.1. The van der Waals surface area contributed by atoms with Gasteiger partial charge < -0.3 is 5.32 Å². The second-order valence-corrected chi connectivity index (χ2v) is 6.10. The SMILES string of the molecule is CCCNC(c1ccc(C)cc1C)c1cccc(C)c1Cl. The third-order valence-electron chi connectivity index (χ3n) is 3.87. The molecule has 0 radical (unpaired) electrons. The minimum absolute atomic E-state index is 0.151. The van der Waals surface area contributed by atoms with E-state index >= 15 is 0 Å². The molecule has 112 valence electrons. The number of aryl methyl sites for hydroxylation is 3. The molecule has 1 atom stereocenters. The summed E-state index contributed by atoms with van der Waals surface area (Å²) in [6.45, 7) is 9.52. The Kier molecular flexibility index (Phi) is 5.44. The number of rotatable bonds is 5. The molecule has 2 aromatic carbocycles. The molecule has 0 heterocycles. The lowest BCUT2D eigenvalue weighted by atomic mass is 9.93. The zero-order valence-corrected chi connectivity index (χ0v) is 14.1. The van der Waals surface area contributed by atoms with Gasteiger partial charge in [0.1, 0.15) is 0 Å². The van der Waals surface area contributed by atoms with Crippen molar-refractivity contribution in [1.29, 1.82) is 0 Å². The Morgan fingerprint density at radius 3 is 2.43 bits per heavy atom. The van der Waals surface area contributed by atoms with Crippen LogP contribution in [0.25, 0.3) is 0 Å². The molecule has 1 nitrogen and oxygen atoms in total. The van der Waals surface area contributed by atoms with Crippen LogP contribution >= 0.6 is 11.6 Å². The van der Waals surface area contributed by atoms with E-state index in [0.717, 1.165) is 29.1 Å². The first-order valence-corrected chi connectivity index (χ1v) is 7.98. The van der Waals surface area contributed by atoms with Gasteiger partial charge in [0.15, 0.2) is 0 Å². The van der Waals surface area contributed by atoms with E-state index in [4.69, 9.17) is 11.6 Å². The fourth-order valence-electron chi connectivity index (χ4n) is 2.72. The van der Waals surface area contributed by atoms with Gasteiger partial charge in [-0.15, -0.1) is 0 Å². The van der Waals surface area contributed by atoms with Gasteiger partial charge in [-0.05, 0) is 56.0 Å². The van der Waals surface area contributed by atoms with E-state index in [0.29, 0.717) is 0 Å². The van der Waals surface area contributed by atoms with Crippen molar-refractivity contribution >= 4 is 11.6 Å².